The van der Waals surface area contributed by atoms with Crippen molar-refractivity contribution in [3.05, 3.63) is 48.4 Å². The summed E-state index contributed by atoms with van der Waals surface area (Å²) in [6.45, 7) is 7.67. The Morgan fingerprint density at radius 1 is 1.14 bits per heavy atom. The van der Waals surface area contributed by atoms with Crippen molar-refractivity contribution in [2.45, 2.75) is 26.8 Å². The predicted molar refractivity (Wildman–Crippen MR) is 90.3 cm³/mol. The lowest BCUT2D eigenvalue weighted by Gasteiger charge is -2.11. The van der Waals surface area contributed by atoms with Crippen molar-refractivity contribution < 1.29 is 9.15 Å². The summed E-state index contributed by atoms with van der Waals surface area (Å²) in [6.07, 6.45) is 2.77. The van der Waals surface area contributed by atoms with E-state index in [0.29, 0.717) is 5.92 Å². The van der Waals surface area contributed by atoms with Gasteiger partial charge in [-0.15, -0.1) is 0 Å². The molecule has 0 spiro atoms. The summed E-state index contributed by atoms with van der Waals surface area (Å²) in [5.74, 6) is 2.55. The number of rotatable bonds is 10. The smallest absolute Gasteiger partial charge is 0.121 e. The van der Waals surface area contributed by atoms with Crippen LogP contribution < -0.4 is 15.4 Å². The molecule has 22 heavy (non-hydrogen) atoms. The zero-order chi connectivity index (χ0) is 15.6. The van der Waals surface area contributed by atoms with Crippen LogP contribution in [0.2, 0.25) is 0 Å². The van der Waals surface area contributed by atoms with E-state index in [1.54, 1.807) is 6.26 Å². The van der Waals surface area contributed by atoms with Crippen LogP contribution in [0.15, 0.2) is 47.1 Å². The van der Waals surface area contributed by atoms with Crippen molar-refractivity contribution in [3.63, 3.8) is 0 Å². The summed E-state index contributed by atoms with van der Waals surface area (Å²) >= 11 is 0. The van der Waals surface area contributed by atoms with Crippen molar-refractivity contribution in [1.29, 1.82) is 0 Å². The molecule has 0 atom stereocenters. The molecule has 0 aliphatic carbocycles. The fraction of sp³-hybridized carbons (Fsp3) is 0.444. The lowest BCUT2D eigenvalue weighted by atomic mass is 10.1. The minimum absolute atomic E-state index is 0.668. The zero-order valence-corrected chi connectivity index (χ0v) is 13.5. The number of benzene rings is 1. The molecule has 0 aliphatic rings. The highest BCUT2D eigenvalue weighted by molar-refractivity contribution is 5.48. The Morgan fingerprint density at radius 3 is 2.82 bits per heavy atom. The van der Waals surface area contributed by atoms with Gasteiger partial charge in [0.1, 0.15) is 11.5 Å². The van der Waals surface area contributed by atoms with Gasteiger partial charge in [-0.2, -0.15) is 0 Å². The second kappa shape index (κ2) is 9.15. The van der Waals surface area contributed by atoms with Gasteiger partial charge < -0.3 is 19.8 Å². The predicted octanol–water partition coefficient (Wildman–Crippen LogP) is 3.91. The molecule has 2 rings (SSSR count). The highest BCUT2D eigenvalue weighted by Gasteiger charge is 1.99. The van der Waals surface area contributed by atoms with Crippen molar-refractivity contribution >= 4 is 5.69 Å². The average Bonchev–Trinajstić information content (AvgIpc) is 3.00. The molecular formula is C18H26N2O2. The van der Waals surface area contributed by atoms with Crippen molar-refractivity contribution in [3.8, 4) is 5.75 Å². The summed E-state index contributed by atoms with van der Waals surface area (Å²) in [5.41, 5.74) is 1.09. The number of anilines is 1. The first kappa shape index (κ1) is 16.4. The third-order valence-electron chi connectivity index (χ3n) is 3.31. The molecule has 4 nitrogen and oxygen atoms in total. The lowest BCUT2D eigenvalue weighted by molar-refractivity contribution is 0.289. The summed E-state index contributed by atoms with van der Waals surface area (Å²) in [4.78, 5) is 0. The molecular weight excluding hydrogens is 276 g/mol. The maximum Gasteiger partial charge on any atom is 0.121 e. The van der Waals surface area contributed by atoms with Crippen LogP contribution in [0.25, 0.3) is 0 Å². The summed E-state index contributed by atoms with van der Waals surface area (Å²) < 4.78 is 11.0. The van der Waals surface area contributed by atoms with Gasteiger partial charge >= 0.3 is 0 Å². The fourth-order valence-electron chi connectivity index (χ4n) is 2.03. The number of nitrogens with one attached hydrogen (secondary N) is 2. The largest absolute Gasteiger partial charge is 0.494 e. The molecule has 0 saturated heterocycles. The van der Waals surface area contributed by atoms with Gasteiger partial charge in [0, 0.05) is 24.8 Å². The fourth-order valence-corrected chi connectivity index (χ4v) is 2.03. The standard InChI is InChI=1S/C18H26N2O2/c1-15(2)8-12-22-17-6-3-5-16(13-17)20-10-9-19-14-18-7-4-11-21-18/h3-7,11,13,15,19-20H,8-10,12,14H2,1-2H3. The Hall–Kier alpha value is -1.94. The number of hydrogen-bond acceptors (Lipinski definition) is 4. The maximum atomic E-state index is 5.77. The van der Waals surface area contributed by atoms with Gasteiger partial charge in [-0.3, -0.25) is 0 Å². The van der Waals surface area contributed by atoms with Gasteiger partial charge in [0.2, 0.25) is 0 Å². The average molecular weight is 302 g/mol. The maximum absolute atomic E-state index is 5.77. The monoisotopic (exact) mass is 302 g/mol. The van der Waals surface area contributed by atoms with Crippen molar-refractivity contribution in [1.82, 2.24) is 5.32 Å². The Morgan fingerprint density at radius 2 is 2.05 bits per heavy atom. The Balaban J connectivity index is 1.64. The third-order valence-corrected chi connectivity index (χ3v) is 3.31. The zero-order valence-electron chi connectivity index (χ0n) is 13.5. The molecule has 0 radical (unpaired) electrons. The Labute approximate surface area is 132 Å². The van der Waals surface area contributed by atoms with Gasteiger partial charge in [0.25, 0.3) is 0 Å². The van der Waals surface area contributed by atoms with Crippen LogP contribution in [0.5, 0.6) is 5.75 Å². The summed E-state index contributed by atoms with van der Waals surface area (Å²) in [7, 11) is 0. The van der Waals surface area contributed by atoms with Gasteiger partial charge in [-0.05, 0) is 36.6 Å². The number of furan rings is 1. The number of hydrogen-bond donors (Lipinski definition) is 2. The molecule has 0 saturated carbocycles. The van der Waals surface area contributed by atoms with Crippen LogP contribution in [-0.4, -0.2) is 19.7 Å². The molecule has 120 valence electrons. The molecule has 1 aromatic carbocycles. The molecule has 1 heterocycles. The second-order valence-corrected chi connectivity index (χ2v) is 5.74. The van der Waals surface area contributed by atoms with Crippen LogP contribution in [0.3, 0.4) is 0 Å². The first-order valence-electron chi connectivity index (χ1n) is 7.94. The minimum atomic E-state index is 0.668. The number of ether oxygens (including phenoxy) is 1. The van der Waals surface area contributed by atoms with E-state index in [-0.39, 0.29) is 0 Å². The van der Waals surface area contributed by atoms with E-state index in [1.165, 1.54) is 0 Å². The van der Waals surface area contributed by atoms with Gasteiger partial charge in [-0.1, -0.05) is 19.9 Å². The lowest BCUT2D eigenvalue weighted by Crippen LogP contribution is -2.21. The van der Waals surface area contributed by atoms with E-state index in [1.807, 2.05) is 30.3 Å². The second-order valence-electron chi connectivity index (χ2n) is 5.74. The van der Waals surface area contributed by atoms with Crippen molar-refractivity contribution in [2.75, 3.05) is 25.0 Å². The molecule has 0 aliphatic heterocycles. The topological polar surface area (TPSA) is 46.4 Å². The van der Waals surface area contributed by atoms with Crippen LogP contribution >= 0.6 is 0 Å². The summed E-state index contributed by atoms with van der Waals surface area (Å²) in [5, 5.41) is 6.72. The van der Waals surface area contributed by atoms with E-state index < -0.39 is 0 Å². The molecule has 2 aromatic rings. The molecule has 4 heteroatoms. The van der Waals surface area contributed by atoms with Crippen LogP contribution in [0, 0.1) is 5.92 Å². The van der Waals surface area contributed by atoms with E-state index in [4.69, 9.17) is 9.15 Å². The van der Waals surface area contributed by atoms with E-state index in [2.05, 4.69) is 30.5 Å². The Kier molecular flexibility index (Phi) is 6.84. The molecule has 0 unspecified atom stereocenters. The quantitative estimate of drug-likeness (QED) is 0.653. The van der Waals surface area contributed by atoms with Crippen LogP contribution in [-0.2, 0) is 6.54 Å². The van der Waals surface area contributed by atoms with Gasteiger partial charge in [0.05, 0.1) is 19.4 Å². The van der Waals surface area contributed by atoms with E-state index in [0.717, 1.165) is 49.9 Å². The first-order chi connectivity index (χ1) is 10.7. The molecule has 2 N–H and O–H groups in total. The minimum Gasteiger partial charge on any atom is -0.494 e. The molecule has 0 bridgehead atoms. The highest BCUT2D eigenvalue weighted by Crippen LogP contribution is 2.17. The van der Waals surface area contributed by atoms with E-state index in [9.17, 15) is 0 Å². The van der Waals surface area contributed by atoms with Gasteiger partial charge in [0.15, 0.2) is 0 Å². The highest BCUT2D eigenvalue weighted by atomic mass is 16.5. The first-order valence-corrected chi connectivity index (χ1v) is 7.94. The van der Waals surface area contributed by atoms with Gasteiger partial charge in [-0.25, -0.2) is 0 Å². The van der Waals surface area contributed by atoms with Crippen LogP contribution in [0.4, 0.5) is 5.69 Å². The van der Waals surface area contributed by atoms with E-state index >= 15 is 0 Å². The normalized spacial score (nSPS) is 10.9. The summed E-state index contributed by atoms with van der Waals surface area (Å²) in [6, 6.07) is 12.0. The third kappa shape index (κ3) is 6.22. The molecule has 0 fully saturated rings. The molecule has 0 amide bonds. The molecule has 1 aromatic heterocycles. The Bertz CT molecular complexity index is 524. The van der Waals surface area contributed by atoms with Crippen molar-refractivity contribution in [2.24, 2.45) is 5.92 Å². The van der Waals surface area contributed by atoms with Crippen LogP contribution in [0.1, 0.15) is 26.0 Å². The SMILES string of the molecule is CC(C)CCOc1cccc(NCCNCc2ccco2)c1.